The number of carbonyl (C=O) groups is 3. The number of nitrogens with zero attached hydrogens (tertiary/aromatic N) is 1. The van der Waals surface area contributed by atoms with Gasteiger partial charge < -0.3 is 15.3 Å². The van der Waals surface area contributed by atoms with Crippen LogP contribution in [0.4, 0.5) is 0 Å². The third-order valence-corrected chi connectivity index (χ3v) is 5.42. The summed E-state index contributed by atoms with van der Waals surface area (Å²) in [6.07, 6.45) is 5.94. The minimum absolute atomic E-state index is 0.00997. The van der Waals surface area contributed by atoms with Gasteiger partial charge in [0.1, 0.15) is 6.04 Å². The molecule has 1 saturated carbocycles. The molecule has 1 aliphatic heterocycles. The predicted molar refractivity (Wildman–Crippen MR) is 95.0 cm³/mol. The van der Waals surface area contributed by atoms with Crippen LogP contribution in [0.25, 0.3) is 0 Å². The highest BCUT2D eigenvalue weighted by atomic mass is 16.4. The predicted octanol–water partition coefficient (Wildman–Crippen LogP) is 2.56. The van der Waals surface area contributed by atoms with Crippen LogP contribution in [0.3, 0.4) is 0 Å². The van der Waals surface area contributed by atoms with Crippen molar-refractivity contribution in [3.63, 3.8) is 0 Å². The Balaban J connectivity index is 1.97. The molecule has 6 nitrogen and oxygen atoms in total. The first-order valence-electron chi connectivity index (χ1n) is 9.45. The van der Waals surface area contributed by atoms with E-state index in [2.05, 4.69) is 5.32 Å². The van der Waals surface area contributed by atoms with E-state index in [1.165, 1.54) is 0 Å². The fourth-order valence-electron chi connectivity index (χ4n) is 3.96. The molecular weight excluding hydrogens is 320 g/mol. The van der Waals surface area contributed by atoms with Gasteiger partial charge in [0.25, 0.3) is 0 Å². The van der Waals surface area contributed by atoms with Crippen LogP contribution >= 0.6 is 0 Å². The molecule has 1 aliphatic carbocycles. The molecule has 1 atom stereocenters. The first-order valence-corrected chi connectivity index (χ1v) is 9.45. The van der Waals surface area contributed by atoms with Crippen molar-refractivity contribution in [1.29, 1.82) is 0 Å². The number of carboxylic acid groups (broad SMARTS) is 1. The van der Waals surface area contributed by atoms with Crippen LogP contribution in [0.15, 0.2) is 0 Å². The van der Waals surface area contributed by atoms with Gasteiger partial charge in [0, 0.05) is 19.5 Å². The van der Waals surface area contributed by atoms with Crippen molar-refractivity contribution >= 4 is 17.8 Å². The zero-order chi connectivity index (χ0) is 18.7. The molecule has 0 aromatic rings. The van der Waals surface area contributed by atoms with E-state index in [0.29, 0.717) is 32.2 Å². The van der Waals surface area contributed by atoms with Crippen LogP contribution in [-0.4, -0.2) is 46.9 Å². The standard InChI is InChI=1S/C19H32N2O4/c1-18(2,3)12-15(22)21-11-7-8-14(21)16(23)20-13-19(17(24)25)9-5-4-6-10-19/h14H,4-13H2,1-3H3,(H,20,23)(H,24,25). The monoisotopic (exact) mass is 352 g/mol. The summed E-state index contributed by atoms with van der Waals surface area (Å²) in [5.41, 5.74) is -0.955. The van der Waals surface area contributed by atoms with Crippen LogP contribution in [0.2, 0.25) is 0 Å². The van der Waals surface area contributed by atoms with Crippen molar-refractivity contribution in [2.24, 2.45) is 10.8 Å². The molecule has 2 rings (SSSR count). The molecule has 6 heteroatoms. The Bertz CT molecular complexity index is 518. The quantitative estimate of drug-likeness (QED) is 0.796. The number of likely N-dealkylation sites (tertiary alicyclic amines) is 1. The van der Waals surface area contributed by atoms with E-state index in [-0.39, 0.29) is 23.8 Å². The fourth-order valence-corrected chi connectivity index (χ4v) is 3.96. The van der Waals surface area contributed by atoms with Gasteiger partial charge in [-0.3, -0.25) is 14.4 Å². The summed E-state index contributed by atoms with van der Waals surface area (Å²) >= 11 is 0. The lowest BCUT2D eigenvalue weighted by atomic mass is 9.74. The molecule has 2 amide bonds. The maximum absolute atomic E-state index is 12.6. The van der Waals surface area contributed by atoms with Crippen molar-refractivity contribution < 1.29 is 19.5 Å². The second-order valence-electron chi connectivity index (χ2n) is 8.85. The Hall–Kier alpha value is -1.59. The van der Waals surface area contributed by atoms with Crippen molar-refractivity contribution in [2.75, 3.05) is 13.1 Å². The number of hydrogen-bond acceptors (Lipinski definition) is 3. The minimum atomic E-state index is -0.841. The van der Waals surface area contributed by atoms with E-state index >= 15 is 0 Å². The van der Waals surface area contributed by atoms with Crippen molar-refractivity contribution in [3.05, 3.63) is 0 Å². The highest BCUT2D eigenvalue weighted by Gasteiger charge is 2.41. The number of carboxylic acids is 1. The van der Waals surface area contributed by atoms with Gasteiger partial charge in [0.05, 0.1) is 5.41 Å². The summed E-state index contributed by atoms with van der Waals surface area (Å²) in [6, 6.07) is -0.454. The molecule has 2 aliphatic rings. The largest absolute Gasteiger partial charge is 0.481 e. The topological polar surface area (TPSA) is 86.7 Å². The molecule has 2 fully saturated rings. The van der Waals surface area contributed by atoms with E-state index in [0.717, 1.165) is 25.7 Å². The summed E-state index contributed by atoms with van der Waals surface area (Å²) in [6.45, 7) is 6.80. The summed E-state index contributed by atoms with van der Waals surface area (Å²) in [5, 5.41) is 12.5. The van der Waals surface area contributed by atoms with E-state index in [4.69, 9.17) is 0 Å². The highest BCUT2D eigenvalue weighted by molar-refractivity contribution is 5.89. The van der Waals surface area contributed by atoms with Crippen LogP contribution in [0.5, 0.6) is 0 Å². The molecule has 142 valence electrons. The summed E-state index contributed by atoms with van der Waals surface area (Å²) in [7, 11) is 0. The zero-order valence-corrected chi connectivity index (χ0v) is 15.8. The Morgan fingerprint density at radius 2 is 1.76 bits per heavy atom. The second-order valence-corrected chi connectivity index (χ2v) is 8.85. The first kappa shape index (κ1) is 19.7. The highest BCUT2D eigenvalue weighted by Crippen LogP contribution is 2.36. The molecule has 0 radical (unpaired) electrons. The lowest BCUT2D eigenvalue weighted by molar-refractivity contribution is -0.151. The molecule has 1 heterocycles. The third-order valence-electron chi connectivity index (χ3n) is 5.42. The second kappa shape index (κ2) is 7.75. The van der Waals surface area contributed by atoms with Crippen LogP contribution in [0, 0.1) is 10.8 Å². The number of amides is 2. The molecule has 0 bridgehead atoms. The minimum Gasteiger partial charge on any atom is -0.481 e. The van der Waals surface area contributed by atoms with Gasteiger partial charge in [0.15, 0.2) is 0 Å². The average Bonchev–Trinajstić information content (AvgIpc) is 3.01. The molecule has 1 unspecified atom stereocenters. The van der Waals surface area contributed by atoms with Gasteiger partial charge in [-0.15, -0.1) is 0 Å². The Morgan fingerprint density at radius 1 is 1.12 bits per heavy atom. The SMILES string of the molecule is CC(C)(C)CC(=O)N1CCCC1C(=O)NCC1(C(=O)O)CCCCC1. The average molecular weight is 352 g/mol. The van der Waals surface area contributed by atoms with E-state index in [1.807, 2.05) is 20.8 Å². The first-order chi connectivity index (χ1) is 11.6. The molecule has 0 aromatic heterocycles. The number of rotatable bonds is 5. The smallest absolute Gasteiger partial charge is 0.311 e. The molecule has 0 spiro atoms. The van der Waals surface area contributed by atoms with Crippen molar-refractivity contribution in [1.82, 2.24) is 10.2 Å². The summed E-state index contributed by atoms with van der Waals surface area (Å²) in [4.78, 5) is 38.5. The van der Waals surface area contributed by atoms with Crippen LogP contribution < -0.4 is 5.32 Å². The zero-order valence-electron chi connectivity index (χ0n) is 15.8. The Kier molecular flexibility index (Phi) is 6.12. The van der Waals surface area contributed by atoms with Gasteiger partial charge >= 0.3 is 5.97 Å². The Labute approximate surface area is 150 Å². The van der Waals surface area contributed by atoms with Gasteiger partial charge in [-0.05, 0) is 31.1 Å². The van der Waals surface area contributed by atoms with Crippen LogP contribution in [0.1, 0.15) is 72.1 Å². The molecule has 25 heavy (non-hydrogen) atoms. The molecule has 1 saturated heterocycles. The van der Waals surface area contributed by atoms with Gasteiger partial charge in [-0.2, -0.15) is 0 Å². The number of nitrogens with one attached hydrogen (secondary N) is 1. The lowest BCUT2D eigenvalue weighted by Gasteiger charge is -2.34. The van der Waals surface area contributed by atoms with Crippen molar-refractivity contribution in [2.45, 2.75) is 78.2 Å². The normalized spacial score (nSPS) is 23.3. The molecule has 0 aromatic carbocycles. The number of carbonyl (C=O) groups excluding carboxylic acids is 2. The van der Waals surface area contributed by atoms with E-state index in [1.54, 1.807) is 4.90 Å². The fraction of sp³-hybridized carbons (Fsp3) is 0.842. The number of aliphatic carboxylic acids is 1. The maximum atomic E-state index is 12.6. The number of hydrogen-bond donors (Lipinski definition) is 2. The summed E-state index contributed by atoms with van der Waals surface area (Å²) < 4.78 is 0. The lowest BCUT2D eigenvalue weighted by Crippen LogP contribution is -2.51. The van der Waals surface area contributed by atoms with Crippen molar-refractivity contribution in [3.8, 4) is 0 Å². The van der Waals surface area contributed by atoms with Gasteiger partial charge in [0.2, 0.25) is 11.8 Å². The van der Waals surface area contributed by atoms with E-state index < -0.39 is 17.4 Å². The van der Waals surface area contributed by atoms with Crippen LogP contribution in [-0.2, 0) is 14.4 Å². The Morgan fingerprint density at radius 3 is 2.32 bits per heavy atom. The van der Waals surface area contributed by atoms with Gasteiger partial charge in [-0.1, -0.05) is 40.0 Å². The molecule has 2 N–H and O–H groups in total. The third kappa shape index (κ3) is 4.95. The summed E-state index contributed by atoms with van der Waals surface area (Å²) in [5.74, 6) is -1.01. The maximum Gasteiger partial charge on any atom is 0.311 e. The van der Waals surface area contributed by atoms with Gasteiger partial charge in [-0.25, -0.2) is 0 Å². The molecular formula is C19H32N2O4. The van der Waals surface area contributed by atoms with E-state index in [9.17, 15) is 19.5 Å².